The Labute approximate surface area is 304 Å². The average molecular weight is 737 g/mol. The molecule has 0 saturated carbocycles. The summed E-state index contributed by atoms with van der Waals surface area (Å²) in [7, 11) is 9.93. The van der Waals surface area contributed by atoms with Crippen LogP contribution in [0.15, 0.2) is 0 Å². The average Bonchev–Trinajstić information content (AvgIpc) is 3.07. The van der Waals surface area contributed by atoms with Gasteiger partial charge in [0.2, 0.25) is 0 Å². The van der Waals surface area contributed by atoms with E-state index >= 15 is 0 Å². The van der Waals surface area contributed by atoms with Crippen molar-refractivity contribution < 1.29 is 62.7 Å². The molecule has 0 radical (unpaired) electrons. The van der Waals surface area contributed by atoms with Gasteiger partial charge in [-0.1, -0.05) is 6.92 Å². The number of esters is 1. The van der Waals surface area contributed by atoms with Crippen molar-refractivity contribution in [2.45, 2.75) is 159 Å². The van der Waals surface area contributed by atoms with Gasteiger partial charge in [0.25, 0.3) is 0 Å². The number of ether oxygens (including phenoxy) is 9. The van der Waals surface area contributed by atoms with E-state index in [0.717, 1.165) is 0 Å². The lowest BCUT2D eigenvalue weighted by molar-refractivity contribution is -0.317. The van der Waals surface area contributed by atoms with E-state index in [1.165, 1.54) is 14.2 Å². The minimum atomic E-state index is -1.55. The van der Waals surface area contributed by atoms with E-state index in [9.17, 15) is 20.1 Å². The smallest absolute Gasteiger partial charge is 0.311 e. The van der Waals surface area contributed by atoms with Gasteiger partial charge in [0.15, 0.2) is 12.6 Å². The summed E-state index contributed by atoms with van der Waals surface area (Å²) in [5.41, 5.74) is -2.54. The first-order chi connectivity index (χ1) is 23.8. The first-order valence-electron chi connectivity index (χ1n) is 18.2. The molecular weight excluding hydrogens is 668 g/mol. The van der Waals surface area contributed by atoms with Crippen LogP contribution in [0.2, 0.25) is 0 Å². The molecule has 3 fully saturated rings. The number of nitrogens with one attached hydrogen (secondary N) is 1. The summed E-state index contributed by atoms with van der Waals surface area (Å²) < 4.78 is 54.6. The van der Waals surface area contributed by atoms with E-state index in [1.807, 2.05) is 39.8 Å². The summed E-state index contributed by atoms with van der Waals surface area (Å²) in [6, 6.07) is -0.516. The summed E-state index contributed by atoms with van der Waals surface area (Å²) in [6.07, 6.45) is -7.58. The molecule has 15 nitrogen and oxygen atoms in total. The van der Waals surface area contributed by atoms with Crippen molar-refractivity contribution in [2.75, 3.05) is 55.7 Å². The van der Waals surface area contributed by atoms with Crippen LogP contribution in [-0.4, -0.2) is 173 Å². The van der Waals surface area contributed by atoms with Crippen molar-refractivity contribution in [3.8, 4) is 0 Å². The number of carbonyl (C=O) groups excluding carboxylic acids is 1. The van der Waals surface area contributed by atoms with Gasteiger partial charge in [-0.15, -0.1) is 0 Å². The zero-order valence-electron chi connectivity index (χ0n) is 33.1. The highest BCUT2D eigenvalue weighted by Crippen LogP contribution is 2.39. The van der Waals surface area contributed by atoms with E-state index in [0.29, 0.717) is 13.0 Å². The number of hydrogen-bond acceptors (Lipinski definition) is 15. The number of hydrogen-bond donors (Lipinski definition) is 4. The molecule has 15 heteroatoms. The summed E-state index contributed by atoms with van der Waals surface area (Å²) in [6.45, 7) is 12.8. The molecule has 0 aromatic carbocycles. The molecule has 0 aromatic heterocycles. The minimum Gasteiger partial charge on any atom is -0.463 e. The first kappa shape index (κ1) is 44.3. The SMILES string of the molecule is COC1CN[C@H](C)C[C@@](C)(O)[C@H](O[C@@H]2O[C@H](C)C[C@H](N(C)C)[C@H]2O)[C@@H](C)[C@H](O[C@H]2C[C@@](C)(OC)[C@@H](O)[C@H](C)O2)[C@@H](C)C(=O)OC[C@@H](OC)[C@@H]1OC. The van der Waals surface area contributed by atoms with Crippen LogP contribution in [-0.2, 0) is 47.4 Å². The number of nitrogens with zero attached hydrogens (tertiary/aromatic N) is 1. The molecule has 17 atom stereocenters. The lowest BCUT2D eigenvalue weighted by Crippen LogP contribution is -2.60. The Balaban J connectivity index is 2.11. The number of cyclic esters (lactones) is 1. The monoisotopic (exact) mass is 736 g/mol. The number of carbonyl (C=O) groups is 1. The maximum atomic E-state index is 14.0. The van der Waals surface area contributed by atoms with Crippen LogP contribution in [0.1, 0.15) is 67.7 Å². The fraction of sp³-hybridized carbons (Fsp3) is 0.972. The molecule has 3 rings (SSSR count). The van der Waals surface area contributed by atoms with Crippen molar-refractivity contribution in [3.05, 3.63) is 0 Å². The molecule has 0 aliphatic carbocycles. The molecule has 3 heterocycles. The molecule has 1 unspecified atom stereocenters. The number of likely N-dealkylation sites (N-methyl/N-ethyl adjacent to an activating group) is 1. The van der Waals surface area contributed by atoms with Crippen LogP contribution in [0.25, 0.3) is 0 Å². The van der Waals surface area contributed by atoms with Gasteiger partial charge in [-0.2, -0.15) is 0 Å². The van der Waals surface area contributed by atoms with E-state index in [2.05, 4.69) is 5.32 Å². The largest absolute Gasteiger partial charge is 0.463 e. The highest BCUT2D eigenvalue weighted by atomic mass is 16.7. The van der Waals surface area contributed by atoms with Crippen LogP contribution in [0.5, 0.6) is 0 Å². The van der Waals surface area contributed by atoms with Gasteiger partial charge < -0.3 is 68.2 Å². The molecule has 0 bridgehead atoms. The number of aliphatic hydroxyl groups is 3. The third-order valence-corrected chi connectivity index (χ3v) is 11.2. The molecule has 0 aromatic rings. The number of aliphatic hydroxyl groups excluding tert-OH is 2. The summed E-state index contributed by atoms with van der Waals surface area (Å²) in [5, 5.41) is 38.3. The zero-order chi connectivity index (χ0) is 38.4. The summed E-state index contributed by atoms with van der Waals surface area (Å²) >= 11 is 0. The van der Waals surface area contributed by atoms with Crippen molar-refractivity contribution >= 4 is 5.97 Å². The van der Waals surface area contributed by atoms with Crippen LogP contribution in [0.3, 0.4) is 0 Å². The van der Waals surface area contributed by atoms with E-state index in [1.54, 1.807) is 41.9 Å². The topological polar surface area (TPSA) is 176 Å². The van der Waals surface area contributed by atoms with Gasteiger partial charge in [-0.25, -0.2) is 0 Å². The van der Waals surface area contributed by atoms with E-state index in [4.69, 9.17) is 42.6 Å². The standard InChI is InChI=1S/C36H68N2O13/c1-19-15-35(6,42)32(51-34-28(39)24(38(8)9)14-20(2)48-34)21(3)29(50-27-16-36(7,46-13)31(40)23(5)49-27)22(4)33(41)47-18-26(44-11)30(45-12)25(43-10)17-37-19/h19-32,34,37,39-40,42H,14-18H2,1-13H3/t19-,20-,21+,22-,23+,24+,25?,26-,27+,28-,29+,30-,31+,32-,34+,35-,36-/m1/s1. The van der Waals surface area contributed by atoms with Gasteiger partial charge >= 0.3 is 5.97 Å². The molecule has 0 spiro atoms. The molecule has 4 N–H and O–H groups in total. The van der Waals surface area contributed by atoms with Gasteiger partial charge in [0, 0.05) is 59.4 Å². The van der Waals surface area contributed by atoms with Crippen LogP contribution >= 0.6 is 0 Å². The third kappa shape index (κ3) is 10.8. The summed E-state index contributed by atoms with van der Waals surface area (Å²) in [4.78, 5) is 15.9. The second-order valence-corrected chi connectivity index (χ2v) is 15.6. The Morgan fingerprint density at radius 2 is 1.53 bits per heavy atom. The van der Waals surface area contributed by atoms with Crippen LogP contribution < -0.4 is 5.32 Å². The lowest BCUT2D eigenvalue weighted by atomic mass is 9.78. The van der Waals surface area contributed by atoms with E-state index < -0.39 is 90.4 Å². The minimum absolute atomic E-state index is 0.122. The molecular formula is C36H68N2O13. The predicted octanol–water partition coefficient (Wildman–Crippen LogP) is 1.08. The second-order valence-electron chi connectivity index (χ2n) is 15.6. The van der Waals surface area contributed by atoms with Crippen molar-refractivity contribution in [2.24, 2.45) is 11.8 Å². The Bertz CT molecular complexity index is 1070. The molecule has 51 heavy (non-hydrogen) atoms. The third-order valence-electron chi connectivity index (χ3n) is 11.2. The zero-order valence-corrected chi connectivity index (χ0v) is 33.1. The van der Waals surface area contributed by atoms with Gasteiger partial charge in [-0.05, 0) is 68.5 Å². The first-order valence-corrected chi connectivity index (χ1v) is 18.2. The molecule has 3 aliphatic heterocycles. The van der Waals surface area contributed by atoms with Crippen LogP contribution in [0.4, 0.5) is 0 Å². The maximum Gasteiger partial charge on any atom is 0.311 e. The van der Waals surface area contributed by atoms with Crippen molar-refractivity contribution in [1.82, 2.24) is 10.2 Å². The van der Waals surface area contributed by atoms with Gasteiger partial charge in [-0.3, -0.25) is 4.79 Å². The van der Waals surface area contributed by atoms with E-state index in [-0.39, 0.29) is 37.6 Å². The normalized spacial score (nSPS) is 47.0. The lowest BCUT2D eigenvalue weighted by Gasteiger charge is -2.48. The maximum absolute atomic E-state index is 14.0. The fourth-order valence-electron chi connectivity index (χ4n) is 8.00. The molecule has 0 amide bonds. The van der Waals surface area contributed by atoms with Crippen molar-refractivity contribution in [3.63, 3.8) is 0 Å². The Hall–Kier alpha value is -1.05. The second kappa shape index (κ2) is 19.0. The summed E-state index contributed by atoms with van der Waals surface area (Å²) in [5.74, 6) is -2.20. The molecule has 3 aliphatic rings. The van der Waals surface area contributed by atoms with Crippen LogP contribution in [0, 0.1) is 11.8 Å². The predicted molar refractivity (Wildman–Crippen MR) is 187 cm³/mol. The molecule has 300 valence electrons. The highest BCUT2D eigenvalue weighted by Gasteiger charge is 2.51. The van der Waals surface area contributed by atoms with Gasteiger partial charge in [0.1, 0.15) is 31.0 Å². The Morgan fingerprint density at radius 1 is 0.882 bits per heavy atom. The fourth-order valence-corrected chi connectivity index (χ4v) is 8.00. The Kier molecular flexibility index (Phi) is 16.5. The number of rotatable bonds is 9. The highest BCUT2D eigenvalue weighted by molar-refractivity contribution is 5.72. The Morgan fingerprint density at radius 3 is 2.10 bits per heavy atom. The van der Waals surface area contributed by atoms with Crippen molar-refractivity contribution in [1.29, 1.82) is 0 Å². The molecule has 3 saturated heterocycles. The number of methoxy groups -OCH3 is 4. The van der Waals surface area contributed by atoms with Gasteiger partial charge in [0.05, 0.1) is 47.6 Å². The quantitative estimate of drug-likeness (QED) is 0.247.